The number of nitrogens with one attached hydrogen (secondary N) is 1. The first-order chi connectivity index (χ1) is 18.3. The number of thiocarbonyl (C=S) groups is 1. The van der Waals surface area contributed by atoms with E-state index in [0.717, 1.165) is 34.0 Å². The van der Waals surface area contributed by atoms with Crippen LogP contribution in [0, 0.1) is 13.8 Å². The molecule has 4 aromatic rings. The van der Waals surface area contributed by atoms with E-state index in [2.05, 4.69) is 32.8 Å². The predicted molar refractivity (Wildman–Crippen MR) is 150 cm³/mol. The van der Waals surface area contributed by atoms with Crippen LogP contribution < -0.4 is 19.7 Å². The van der Waals surface area contributed by atoms with Crippen LogP contribution in [0.2, 0.25) is 0 Å². The molecule has 2 N–H and O–H groups in total. The Kier molecular flexibility index (Phi) is 6.77. The van der Waals surface area contributed by atoms with Crippen molar-refractivity contribution >= 4 is 29.0 Å². The normalized spacial score (nSPS) is 16.8. The molecule has 3 heterocycles. The smallest absolute Gasteiger partial charge is 0.335 e. The summed E-state index contributed by atoms with van der Waals surface area (Å²) in [5.74, 6) is 0.400. The Balaban J connectivity index is 1.69. The van der Waals surface area contributed by atoms with Crippen molar-refractivity contribution in [2.75, 3.05) is 19.1 Å². The van der Waals surface area contributed by atoms with Crippen molar-refractivity contribution in [1.29, 1.82) is 0 Å². The number of aromatic nitrogens is 2. The lowest BCUT2D eigenvalue weighted by atomic mass is 9.96. The Morgan fingerprint density at radius 3 is 2.42 bits per heavy atom. The van der Waals surface area contributed by atoms with Crippen molar-refractivity contribution in [3.05, 3.63) is 101 Å². The minimum absolute atomic E-state index is 0.233. The van der Waals surface area contributed by atoms with E-state index in [1.54, 1.807) is 32.5 Å². The number of rotatable bonds is 7. The monoisotopic (exact) mass is 528 g/mol. The summed E-state index contributed by atoms with van der Waals surface area (Å²) in [4.78, 5) is 18.1. The zero-order chi connectivity index (χ0) is 27.0. The van der Waals surface area contributed by atoms with Crippen LogP contribution in [0.4, 0.5) is 5.69 Å². The molecular weight excluding hydrogens is 500 g/mol. The van der Waals surface area contributed by atoms with Gasteiger partial charge in [-0.15, -0.1) is 0 Å². The van der Waals surface area contributed by atoms with E-state index in [0.29, 0.717) is 16.6 Å². The lowest BCUT2D eigenvalue weighted by Crippen LogP contribution is -2.30. The van der Waals surface area contributed by atoms with E-state index in [1.807, 2.05) is 55.5 Å². The van der Waals surface area contributed by atoms with Crippen molar-refractivity contribution in [2.24, 2.45) is 0 Å². The first-order valence-corrected chi connectivity index (χ1v) is 12.5. The molecule has 1 saturated heterocycles. The summed E-state index contributed by atoms with van der Waals surface area (Å²) in [5, 5.41) is 13.4. The van der Waals surface area contributed by atoms with E-state index >= 15 is 0 Å². The van der Waals surface area contributed by atoms with Gasteiger partial charge in [0.15, 0.2) is 5.11 Å². The van der Waals surface area contributed by atoms with Gasteiger partial charge in [0, 0.05) is 29.3 Å². The van der Waals surface area contributed by atoms with Crippen molar-refractivity contribution < 1.29 is 19.4 Å². The SMILES string of the molecule is COc1ccc(OC)c(N2C(=S)N[C@H](c3ccccn3)[C@H]2c2cc(C)n(-c3ccc(C(=O)O)cc3)c2C)c1. The van der Waals surface area contributed by atoms with Gasteiger partial charge in [0.05, 0.1) is 43.2 Å². The molecule has 9 heteroatoms. The maximum atomic E-state index is 11.4. The zero-order valence-corrected chi connectivity index (χ0v) is 22.3. The molecule has 0 bridgehead atoms. The van der Waals surface area contributed by atoms with Crippen LogP contribution >= 0.6 is 12.2 Å². The molecule has 5 rings (SSSR count). The van der Waals surface area contributed by atoms with Gasteiger partial charge < -0.3 is 29.4 Å². The first-order valence-electron chi connectivity index (χ1n) is 12.1. The minimum Gasteiger partial charge on any atom is -0.497 e. The summed E-state index contributed by atoms with van der Waals surface area (Å²) in [6, 6.07) is 20.0. The second-order valence-corrected chi connectivity index (χ2v) is 9.43. The number of nitrogens with zero attached hydrogens (tertiary/aromatic N) is 3. The van der Waals surface area contributed by atoms with E-state index < -0.39 is 5.97 Å². The number of aryl methyl sites for hydroxylation is 1. The number of methoxy groups -OCH3 is 2. The first kappa shape index (κ1) is 25.3. The van der Waals surface area contributed by atoms with Crippen LogP contribution in [0.15, 0.2) is 72.9 Å². The summed E-state index contributed by atoms with van der Waals surface area (Å²) in [7, 11) is 3.26. The molecule has 38 heavy (non-hydrogen) atoms. The van der Waals surface area contributed by atoms with Crippen molar-refractivity contribution in [1.82, 2.24) is 14.9 Å². The number of hydrogen-bond donors (Lipinski definition) is 2. The Hall–Kier alpha value is -4.37. The van der Waals surface area contributed by atoms with Crippen molar-refractivity contribution in [3.63, 3.8) is 0 Å². The summed E-state index contributed by atoms with van der Waals surface area (Å²) < 4.78 is 13.4. The Morgan fingerprint density at radius 2 is 1.79 bits per heavy atom. The number of aromatic carboxylic acids is 1. The second kappa shape index (κ2) is 10.2. The molecule has 8 nitrogen and oxygen atoms in total. The molecule has 2 aromatic heterocycles. The van der Waals surface area contributed by atoms with Crippen LogP contribution in [-0.4, -0.2) is 40.0 Å². The third kappa shape index (κ3) is 4.35. The number of pyridine rings is 1. The van der Waals surface area contributed by atoms with Gasteiger partial charge >= 0.3 is 5.97 Å². The highest BCUT2D eigenvalue weighted by atomic mass is 32.1. The summed E-state index contributed by atoms with van der Waals surface area (Å²) in [6.07, 6.45) is 1.78. The molecule has 0 unspecified atom stereocenters. The number of benzene rings is 2. The third-order valence-electron chi connectivity index (χ3n) is 6.91. The van der Waals surface area contributed by atoms with Gasteiger partial charge in [-0.05, 0) is 86.2 Å². The predicted octanol–water partition coefficient (Wildman–Crippen LogP) is 5.38. The van der Waals surface area contributed by atoms with Gasteiger partial charge in [-0.3, -0.25) is 4.98 Å². The largest absolute Gasteiger partial charge is 0.497 e. The molecule has 2 atom stereocenters. The van der Waals surface area contributed by atoms with Crippen molar-refractivity contribution in [3.8, 4) is 17.2 Å². The van der Waals surface area contributed by atoms with Gasteiger partial charge in [-0.1, -0.05) is 6.07 Å². The molecule has 1 aliphatic heterocycles. The second-order valence-electron chi connectivity index (χ2n) is 9.05. The number of carboxylic acid groups (broad SMARTS) is 1. The molecule has 1 fully saturated rings. The number of ether oxygens (including phenoxy) is 2. The summed E-state index contributed by atoms with van der Waals surface area (Å²) >= 11 is 5.91. The average molecular weight is 529 g/mol. The maximum absolute atomic E-state index is 11.4. The van der Waals surface area contributed by atoms with Crippen LogP contribution in [0.3, 0.4) is 0 Å². The van der Waals surface area contributed by atoms with Crippen LogP contribution in [0.1, 0.15) is 45.1 Å². The van der Waals surface area contributed by atoms with Gasteiger partial charge in [-0.25, -0.2) is 4.79 Å². The number of anilines is 1. The fourth-order valence-corrected chi connectivity index (χ4v) is 5.49. The number of carboxylic acids is 1. The zero-order valence-electron chi connectivity index (χ0n) is 21.5. The molecule has 1 aliphatic rings. The van der Waals surface area contributed by atoms with Gasteiger partial charge in [-0.2, -0.15) is 0 Å². The lowest BCUT2D eigenvalue weighted by molar-refractivity contribution is 0.0697. The fourth-order valence-electron chi connectivity index (χ4n) is 5.15. The van der Waals surface area contributed by atoms with E-state index in [-0.39, 0.29) is 17.6 Å². The van der Waals surface area contributed by atoms with E-state index in [1.165, 1.54) is 0 Å². The topological polar surface area (TPSA) is 88.9 Å². The molecule has 0 aliphatic carbocycles. The van der Waals surface area contributed by atoms with Gasteiger partial charge in [0.1, 0.15) is 11.5 Å². The standard InChI is InChI=1S/C29H28N4O4S/c1-17-15-22(18(2)32(17)20-10-8-19(9-11-20)28(34)35)27-26(23-7-5-6-14-30-23)31-29(38)33(27)24-16-21(36-3)12-13-25(24)37-4/h5-16,26-27H,1-4H3,(H,31,38)(H,34,35)/t26-,27-/m1/s1. The average Bonchev–Trinajstić information content (AvgIpc) is 3.43. The fraction of sp³-hybridized carbons (Fsp3) is 0.207. The Labute approximate surface area is 226 Å². The van der Waals surface area contributed by atoms with E-state index in [9.17, 15) is 9.90 Å². The highest BCUT2D eigenvalue weighted by Crippen LogP contribution is 2.47. The molecule has 0 spiro atoms. The molecule has 0 radical (unpaired) electrons. The quantitative estimate of drug-likeness (QED) is 0.309. The summed E-state index contributed by atoms with van der Waals surface area (Å²) in [5.41, 5.74) is 5.84. The Bertz CT molecular complexity index is 1500. The van der Waals surface area contributed by atoms with Crippen LogP contribution in [0.5, 0.6) is 11.5 Å². The van der Waals surface area contributed by atoms with Crippen LogP contribution in [0.25, 0.3) is 5.69 Å². The van der Waals surface area contributed by atoms with E-state index in [4.69, 9.17) is 21.7 Å². The molecule has 2 aromatic carbocycles. The third-order valence-corrected chi connectivity index (χ3v) is 7.22. The van der Waals surface area contributed by atoms with Gasteiger partial charge in [0.25, 0.3) is 0 Å². The van der Waals surface area contributed by atoms with Gasteiger partial charge in [0.2, 0.25) is 0 Å². The van der Waals surface area contributed by atoms with Crippen LogP contribution in [-0.2, 0) is 0 Å². The highest BCUT2D eigenvalue weighted by molar-refractivity contribution is 7.80. The number of carbonyl (C=O) groups is 1. The molecule has 0 saturated carbocycles. The number of hydrogen-bond acceptors (Lipinski definition) is 5. The minimum atomic E-state index is -0.954. The lowest BCUT2D eigenvalue weighted by Gasteiger charge is -2.29. The molecular formula is C29H28N4O4S. The molecule has 194 valence electrons. The van der Waals surface area contributed by atoms with Crippen molar-refractivity contribution in [2.45, 2.75) is 25.9 Å². The maximum Gasteiger partial charge on any atom is 0.335 e. The summed E-state index contributed by atoms with van der Waals surface area (Å²) in [6.45, 7) is 4.10. The Morgan fingerprint density at radius 1 is 1.03 bits per heavy atom. The highest BCUT2D eigenvalue weighted by Gasteiger charge is 2.43. The molecule has 0 amide bonds.